The molecular weight excluding hydrogens is 190 g/mol. The second kappa shape index (κ2) is 9.50. The van der Waals surface area contributed by atoms with Crippen LogP contribution in [0.5, 0.6) is 0 Å². The molecule has 0 rings (SSSR count). The van der Waals surface area contributed by atoms with Gasteiger partial charge >= 0.3 is 11.9 Å². The first kappa shape index (κ1) is 14.9. The summed E-state index contributed by atoms with van der Waals surface area (Å²) < 4.78 is 8.36. The average Bonchev–Trinajstić information content (AvgIpc) is 2.14. The van der Waals surface area contributed by atoms with E-state index in [1.807, 2.05) is 0 Å². The maximum absolute atomic E-state index is 10.3. The van der Waals surface area contributed by atoms with Crippen LogP contribution in [0.3, 0.4) is 0 Å². The SMILES string of the molecule is COC(=O)CNC(C)=O.COC(C)=O. The van der Waals surface area contributed by atoms with Crippen molar-refractivity contribution in [3.63, 3.8) is 0 Å². The third kappa shape index (κ3) is 16.8. The van der Waals surface area contributed by atoms with Crippen molar-refractivity contribution >= 4 is 17.8 Å². The Morgan fingerprint density at radius 3 is 1.71 bits per heavy atom. The third-order valence-corrected chi connectivity index (χ3v) is 0.997. The first-order valence-corrected chi connectivity index (χ1v) is 3.79. The van der Waals surface area contributed by atoms with Crippen molar-refractivity contribution < 1.29 is 23.9 Å². The Hall–Kier alpha value is -1.59. The number of carbonyl (C=O) groups excluding carboxylic acids is 3. The third-order valence-electron chi connectivity index (χ3n) is 0.997. The summed E-state index contributed by atoms with van der Waals surface area (Å²) in [5, 5.41) is 2.28. The van der Waals surface area contributed by atoms with Crippen LogP contribution in [0.1, 0.15) is 13.8 Å². The minimum absolute atomic E-state index is 0.0498. The minimum atomic E-state index is -0.440. The fourth-order valence-corrected chi connectivity index (χ4v) is 0.269. The smallest absolute Gasteiger partial charge is 0.325 e. The molecule has 0 aromatic rings. The van der Waals surface area contributed by atoms with Gasteiger partial charge in [-0.25, -0.2) is 0 Å². The van der Waals surface area contributed by atoms with Crippen LogP contribution in [-0.2, 0) is 23.9 Å². The molecule has 6 nitrogen and oxygen atoms in total. The van der Waals surface area contributed by atoms with E-state index in [2.05, 4.69) is 14.8 Å². The summed E-state index contributed by atoms with van der Waals surface area (Å²) >= 11 is 0. The van der Waals surface area contributed by atoms with Crippen molar-refractivity contribution in [2.45, 2.75) is 13.8 Å². The zero-order valence-electron chi connectivity index (χ0n) is 8.75. The molecule has 0 spiro atoms. The lowest BCUT2D eigenvalue weighted by molar-refractivity contribution is -0.141. The topological polar surface area (TPSA) is 81.7 Å². The molecule has 14 heavy (non-hydrogen) atoms. The van der Waals surface area contributed by atoms with Gasteiger partial charge in [0.25, 0.3) is 0 Å². The number of nitrogens with one attached hydrogen (secondary N) is 1. The number of hydrogen-bond acceptors (Lipinski definition) is 5. The van der Waals surface area contributed by atoms with E-state index in [9.17, 15) is 14.4 Å². The Labute approximate surface area is 82.6 Å². The van der Waals surface area contributed by atoms with E-state index in [1.165, 1.54) is 28.1 Å². The molecule has 0 aromatic carbocycles. The van der Waals surface area contributed by atoms with Crippen LogP contribution in [0.25, 0.3) is 0 Å². The van der Waals surface area contributed by atoms with Gasteiger partial charge in [-0.2, -0.15) is 0 Å². The van der Waals surface area contributed by atoms with Crippen LogP contribution in [0.2, 0.25) is 0 Å². The number of ether oxygens (including phenoxy) is 2. The molecule has 0 aliphatic heterocycles. The Morgan fingerprint density at radius 2 is 1.50 bits per heavy atom. The summed E-state index contributed by atoms with van der Waals surface area (Å²) in [4.78, 5) is 30.0. The largest absolute Gasteiger partial charge is 0.469 e. The Balaban J connectivity index is 0. The van der Waals surface area contributed by atoms with Crippen LogP contribution in [-0.4, -0.2) is 38.6 Å². The van der Waals surface area contributed by atoms with E-state index in [0.717, 1.165) is 0 Å². The van der Waals surface area contributed by atoms with Crippen molar-refractivity contribution in [2.24, 2.45) is 0 Å². The molecule has 0 aliphatic rings. The molecule has 0 saturated heterocycles. The zero-order valence-corrected chi connectivity index (χ0v) is 8.75. The quantitative estimate of drug-likeness (QED) is 0.613. The van der Waals surface area contributed by atoms with Gasteiger partial charge in [-0.3, -0.25) is 14.4 Å². The van der Waals surface area contributed by atoms with Gasteiger partial charge in [0.05, 0.1) is 14.2 Å². The maximum atomic E-state index is 10.3. The lowest BCUT2D eigenvalue weighted by atomic mass is 10.6. The first-order chi connectivity index (χ1) is 6.43. The van der Waals surface area contributed by atoms with Crippen LogP contribution >= 0.6 is 0 Å². The Morgan fingerprint density at radius 1 is 1.07 bits per heavy atom. The number of carbonyl (C=O) groups is 3. The molecule has 0 radical (unpaired) electrons. The summed E-state index contributed by atoms with van der Waals surface area (Å²) in [6.07, 6.45) is 0. The predicted octanol–water partition coefficient (Wildman–Crippen LogP) is -0.525. The van der Waals surface area contributed by atoms with E-state index in [4.69, 9.17) is 0 Å². The molecule has 0 aliphatic carbocycles. The van der Waals surface area contributed by atoms with E-state index in [-0.39, 0.29) is 18.4 Å². The molecule has 0 bridgehead atoms. The van der Waals surface area contributed by atoms with Crippen molar-refractivity contribution in [3.8, 4) is 0 Å². The summed E-state index contributed by atoms with van der Waals surface area (Å²) in [7, 11) is 2.62. The predicted molar refractivity (Wildman–Crippen MR) is 48.4 cm³/mol. The molecule has 0 saturated carbocycles. The van der Waals surface area contributed by atoms with Crippen LogP contribution in [0.15, 0.2) is 0 Å². The summed E-state index contributed by atoms with van der Waals surface area (Å²) in [6.45, 7) is 2.65. The van der Waals surface area contributed by atoms with E-state index in [1.54, 1.807) is 0 Å². The van der Waals surface area contributed by atoms with Gasteiger partial charge in [-0.15, -0.1) is 0 Å². The molecule has 0 fully saturated rings. The van der Waals surface area contributed by atoms with Crippen molar-refractivity contribution in [1.29, 1.82) is 0 Å². The monoisotopic (exact) mass is 205 g/mol. The molecule has 1 N–H and O–H groups in total. The van der Waals surface area contributed by atoms with Crippen LogP contribution < -0.4 is 5.32 Å². The lowest BCUT2D eigenvalue weighted by Crippen LogP contribution is -2.27. The second-order valence-corrected chi connectivity index (χ2v) is 2.18. The summed E-state index contributed by atoms with van der Waals surface area (Å²) in [6, 6.07) is 0. The number of amides is 1. The number of esters is 2. The Kier molecular flexibility index (Phi) is 10.1. The standard InChI is InChI=1S/C5H9NO3.C3H6O2/c1-4(7)6-3-5(8)9-2;1-3(4)5-2/h3H2,1-2H3,(H,6,7);1-2H3. The summed E-state index contributed by atoms with van der Waals surface area (Å²) in [5.74, 6) is -0.921. The van der Waals surface area contributed by atoms with E-state index >= 15 is 0 Å². The molecule has 0 aromatic heterocycles. The highest BCUT2D eigenvalue weighted by atomic mass is 16.5. The van der Waals surface area contributed by atoms with Crippen LogP contribution in [0, 0.1) is 0 Å². The zero-order chi connectivity index (χ0) is 11.6. The molecule has 6 heteroatoms. The van der Waals surface area contributed by atoms with Crippen molar-refractivity contribution in [1.82, 2.24) is 5.32 Å². The minimum Gasteiger partial charge on any atom is -0.469 e. The average molecular weight is 205 g/mol. The molecule has 1 amide bonds. The highest BCUT2D eigenvalue weighted by Crippen LogP contribution is 1.68. The van der Waals surface area contributed by atoms with Gasteiger partial charge in [0.1, 0.15) is 6.54 Å². The molecular formula is C8H15NO5. The summed E-state index contributed by atoms with van der Waals surface area (Å²) in [5.41, 5.74) is 0. The first-order valence-electron chi connectivity index (χ1n) is 3.79. The molecule has 0 heterocycles. The number of hydrogen-bond donors (Lipinski definition) is 1. The second-order valence-electron chi connectivity index (χ2n) is 2.18. The highest BCUT2D eigenvalue weighted by molar-refractivity contribution is 5.80. The van der Waals surface area contributed by atoms with Crippen molar-refractivity contribution in [2.75, 3.05) is 20.8 Å². The molecule has 0 atom stereocenters. The van der Waals surface area contributed by atoms with E-state index < -0.39 is 5.97 Å². The lowest BCUT2D eigenvalue weighted by Gasteiger charge is -1.97. The van der Waals surface area contributed by atoms with Gasteiger partial charge in [0.15, 0.2) is 0 Å². The highest BCUT2D eigenvalue weighted by Gasteiger charge is 1.98. The fourth-order valence-electron chi connectivity index (χ4n) is 0.269. The van der Waals surface area contributed by atoms with Gasteiger partial charge < -0.3 is 14.8 Å². The van der Waals surface area contributed by atoms with Crippen molar-refractivity contribution in [3.05, 3.63) is 0 Å². The van der Waals surface area contributed by atoms with E-state index in [0.29, 0.717) is 0 Å². The maximum Gasteiger partial charge on any atom is 0.325 e. The van der Waals surface area contributed by atoms with Gasteiger partial charge in [-0.1, -0.05) is 0 Å². The van der Waals surface area contributed by atoms with Gasteiger partial charge in [0.2, 0.25) is 5.91 Å². The number of rotatable bonds is 2. The van der Waals surface area contributed by atoms with Gasteiger partial charge in [0, 0.05) is 13.8 Å². The Bertz CT molecular complexity index is 202. The fraction of sp³-hybridized carbons (Fsp3) is 0.625. The van der Waals surface area contributed by atoms with Crippen LogP contribution in [0.4, 0.5) is 0 Å². The normalized spacial score (nSPS) is 7.71. The molecule has 0 unspecified atom stereocenters. The number of methoxy groups -OCH3 is 2. The van der Waals surface area contributed by atoms with Gasteiger partial charge in [-0.05, 0) is 0 Å². The molecule has 82 valence electrons.